The van der Waals surface area contributed by atoms with Gasteiger partial charge in [-0.25, -0.2) is 0 Å². The van der Waals surface area contributed by atoms with E-state index < -0.39 is 23.9 Å². The second-order valence-electron chi connectivity index (χ2n) is 5.47. The molecule has 2 aromatic carbocycles. The molecule has 0 saturated heterocycles. The van der Waals surface area contributed by atoms with E-state index in [2.05, 4.69) is 25.3 Å². The molecule has 0 aliphatic heterocycles. The predicted molar refractivity (Wildman–Crippen MR) is 106 cm³/mol. The third kappa shape index (κ3) is 10.7. The molecule has 0 atom stereocenters. The molecule has 0 aliphatic carbocycles. The predicted octanol–water partition coefficient (Wildman–Crippen LogP) is 5.41. The van der Waals surface area contributed by atoms with E-state index in [-0.39, 0.29) is 30.9 Å². The summed E-state index contributed by atoms with van der Waals surface area (Å²) in [7, 11) is 0. The van der Waals surface area contributed by atoms with Crippen LogP contribution in [0.2, 0.25) is 0 Å². The van der Waals surface area contributed by atoms with Gasteiger partial charge in [0.05, 0.1) is 0 Å². The first-order valence-electron chi connectivity index (χ1n) is 7.93. The number of hydrogen-bond acceptors (Lipinski definition) is 4. The van der Waals surface area contributed by atoms with Crippen LogP contribution in [0.25, 0.3) is 9.81 Å². The Morgan fingerprint density at radius 2 is 0.871 bits per heavy atom. The third-order valence-corrected chi connectivity index (χ3v) is 3.91. The second kappa shape index (κ2) is 12.7. The van der Waals surface area contributed by atoms with E-state index in [9.17, 15) is 35.9 Å². The van der Waals surface area contributed by atoms with Gasteiger partial charge in [-0.15, -0.1) is 0 Å². The van der Waals surface area contributed by atoms with Crippen LogP contribution in [0.15, 0.2) is 72.8 Å². The van der Waals surface area contributed by atoms with Gasteiger partial charge in [-0.3, -0.25) is 9.59 Å². The van der Waals surface area contributed by atoms with Gasteiger partial charge in [-0.1, -0.05) is 60.7 Å². The van der Waals surface area contributed by atoms with E-state index in [1.807, 2.05) is 0 Å². The molecule has 0 aliphatic rings. The molecule has 0 saturated carbocycles. The number of carbonyl (C=O) groups is 2. The van der Waals surface area contributed by atoms with Crippen LogP contribution in [0.4, 0.5) is 26.3 Å². The number of ketones is 2. The zero-order chi connectivity index (χ0) is 22.9. The Morgan fingerprint density at radius 3 is 1.10 bits per heavy atom. The fourth-order valence-electron chi connectivity index (χ4n) is 1.77. The van der Waals surface area contributed by atoms with Gasteiger partial charge >= 0.3 is 33.4 Å². The van der Waals surface area contributed by atoms with Crippen molar-refractivity contribution in [2.24, 2.45) is 0 Å². The Balaban J connectivity index is 0.000000562. The van der Waals surface area contributed by atoms with E-state index in [4.69, 9.17) is 0 Å². The summed E-state index contributed by atoms with van der Waals surface area (Å²) in [5.41, 5.74) is 0.843. The van der Waals surface area contributed by atoms with Crippen LogP contribution in [-0.2, 0) is 55.9 Å². The number of hydrogen-bond donors (Lipinski definition) is 0. The molecule has 168 valence electrons. The van der Waals surface area contributed by atoms with Gasteiger partial charge in [-0.2, -0.15) is 36.2 Å². The number of benzene rings is 2. The maximum atomic E-state index is 11.9. The van der Waals surface area contributed by atoms with E-state index in [0.717, 1.165) is 0 Å². The summed E-state index contributed by atoms with van der Waals surface area (Å²) >= 11 is 9.38. The van der Waals surface area contributed by atoms with Crippen molar-refractivity contribution in [1.82, 2.24) is 0 Å². The standard InChI is InChI=1S/2C10H7F3OS.Pt/c2*11-10(12,13)9(14)6-8(15)7-4-2-1-3-5-7;/h2*1-6,15H;/q;;+2/p-2/b2*8-6-;. The molecule has 2 aromatic rings. The van der Waals surface area contributed by atoms with Crippen LogP contribution in [0.5, 0.6) is 0 Å². The summed E-state index contributed by atoms with van der Waals surface area (Å²) < 4.78 is 71.3. The molecule has 11 heteroatoms. The molecule has 0 fully saturated rings. The number of halogens is 6. The molecule has 0 amide bonds. The Bertz CT molecular complexity index is 847. The number of allylic oxidation sites excluding steroid dienone is 2. The Kier molecular flexibility index (Phi) is 11.9. The van der Waals surface area contributed by atoms with Gasteiger partial charge in [0.1, 0.15) is 0 Å². The molecule has 31 heavy (non-hydrogen) atoms. The van der Waals surface area contributed by atoms with Crippen LogP contribution in [0, 0.1) is 0 Å². The fraction of sp³-hybridized carbons (Fsp3) is 0.100. The maximum absolute atomic E-state index is 11.9. The zero-order valence-corrected chi connectivity index (χ0v) is 19.1. The van der Waals surface area contributed by atoms with Gasteiger partial charge in [0.15, 0.2) is 0 Å². The van der Waals surface area contributed by atoms with Crippen molar-refractivity contribution < 1.29 is 57.0 Å². The van der Waals surface area contributed by atoms with Gasteiger partial charge in [-0.05, 0) is 23.3 Å². The molecular weight excluding hydrogens is 645 g/mol. The molecule has 2 rings (SSSR count). The van der Waals surface area contributed by atoms with Gasteiger partial charge in [0.25, 0.3) is 11.6 Å². The van der Waals surface area contributed by atoms with Crippen molar-refractivity contribution in [2.45, 2.75) is 12.4 Å². The average Bonchev–Trinajstić information content (AvgIpc) is 2.68. The van der Waals surface area contributed by atoms with Gasteiger partial charge < -0.3 is 25.3 Å². The summed E-state index contributed by atoms with van der Waals surface area (Å²) in [6.45, 7) is 0. The SMILES string of the molecule is O=C(/C=C(\[S-])c1ccccc1)C(F)(F)F.O=C(/C=C(\[S-])c1ccccc1)C(F)(F)F.[Pt+2]. The molecule has 0 bridgehead atoms. The van der Waals surface area contributed by atoms with Crippen molar-refractivity contribution in [3.8, 4) is 0 Å². The molecule has 0 aromatic heterocycles. The molecule has 0 unspecified atom stereocenters. The topological polar surface area (TPSA) is 34.1 Å². The van der Waals surface area contributed by atoms with E-state index in [0.29, 0.717) is 23.3 Å². The van der Waals surface area contributed by atoms with Crippen molar-refractivity contribution in [1.29, 1.82) is 0 Å². The maximum Gasteiger partial charge on any atom is 2.00 e. The summed E-state index contributed by atoms with van der Waals surface area (Å²) in [6.07, 6.45) is -8.88. The monoisotopic (exact) mass is 657 g/mol. The van der Waals surface area contributed by atoms with Crippen molar-refractivity contribution in [3.05, 3.63) is 83.9 Å². The minimum absolute atomic E-state index is 0. The first kappa shape index (κ1) is 29.0. The van der Waals surface area contributed by atoms with Gasteiger partial charge in [0, 0.05) is 0 Å². The molecule has 0 heterocycles. The van der Waals surface area contributed by atoms with Crippen LogP contribution < -0.4 is 0 Å². The fourth-order valence-corrected chi connectivity index (χ4v) is 2.26. The summed E-state index contributed by atoms with van der Waals surface area (Å²) in [6, 6.07) is 16.1. The molecule has 0 radical (unpaired) electrons. The van der Waals surface area contributed by atoms with Crippen LogP contribution >= 0.6 is 0 Å². The summed E-state index contributed by atoms with van der Waals surface area (Å²) in [5, 5.41) is 0. The summed E-state index contributed by atoms with van der Waals surface area (Å²) in [5.74, 6) is -3.87. The molecule has 2 nitrogen and oxygen atoms in total. The number of rotatable bonds is 4. The minimum Gasteiger partial charge on any atom is -0.779 e. The van der Waals surface area contributed by atoms with Crippen LogP contribution in [0.1, 0.15) is 11.1 Å². The van der Waals surface area contributed by atoms with Crippen LogP contribution in [0.3, 0.4) is 0 Å². The van der Waals surface area contributed by atoms with Crippen molar-refractivity contribution in [2.75, 3.05) is 0 Å². The number of alkyl halides is 6. The normalized spacial score (nSPS) is 12.2. The first-order valence-corrected chi connectivity index (χ1v) is 8.74. The Hall–Kier alpha value is -2.03. The van der Waals surface area contributed by atoms with Gasteiger partial charge in [0.2, 0.25) is 0 Å². The van der Waals surface area contributed by atoms with E-state index in [1.165, 1.54) is 0 Å². The number of carbonyl (C=O) groups excluding carboxylic acids is 2. The average molecular weight is 658 g/mol. The van der Waals surface area contributed by atoms with E-state index in [1.54, 1.807) is 60.7 Å². The molecule has 0 N–H and O–H groups in total. The Morgan fingerprint density at radius 1 is 0.613 bits per heavy atom. The van der Waals surface area contributed by atoms with Crippen molar-refractivity contribution >= 4 is 46.6 Å². The quantitative estimate of drug-likeness (QED) is 0.251. The largest absolute Gasteiger partial charge is 2.00 e. The molecule has 0 spiro atoms. The van der Waals surface area contributed by atoms with Crippen molar-refractivity contribution in [3.63, 3.8) is 0 Å². The zero-order valence-electron chi connectivity index (χ0n) is 15.1. The van der Waals surface area contributed by atoms with E-state index >= 15 is 0 Å². The first-order chi connectivity index (χ1) is 13.8. The Labute approximate surface area is 199 Å². The third-order valence-electron chi connectivity index (χ3n) is 3.20. The second-order valence-corrected chi connectivity index (χ2v) is 6.35. The molecular formula is C20H12F6O2PtS2. The van der Waals surface area contributed by atoms with Crippen LogP contribution in [-0.4, -0.2) is 23.9 Å². The smallest absolute Gasteiger partial charge is 0.779 e. The minimum atomic E-state index is -4.86. The summed E-state index contributed by atoms with van der Waals surface area (Å²) in [4.78, 5) is 20.9.